The molecule has 0 saturated carbocycles. The number of hydrogen-bond donors (Lipinski definition) is 1. The molecule has 3 aromatic rings. The fourth-order valence-electron chi connectivity index (χ4n) is 2.10. The standard InChI is InChI=1S/C15H17N5/c1-10(2)15-18-13(16-3)8-14(19-15)20-9-17-11-6-4-5-7-12(11)20/h4-10H,1-3H3,(H,16,18,19). The lowest BCUT2D eigenvalue weighted by atomic mass is 10.2. The van der Waals surface area contributed by atoms with E-state index in [1.54, 1.807) is 6.33 Å². The molecule has 102 valence electrons. The van der Waals surface area contributed by atoms with Gasteiger partial charge in [-0.1, -0.05) is 26.0 Å². The summed E-state index contributed by atoms with van der Waals surface area (Å²) in [6.45, 7) is 4.18. The zero-order valence-electron chi connectivity index (χ0n) is 11.8. The van der Waals surface area contributed by atoms with Gasteiger partial charge in [0.25, 0.3) is 0 Å². The predicted molar refractivity (Wildman–Crippen MR) is 80.3 cm³/mol. The molecule has 2 heterocycles. The molecule has 0 aliphatic heterocycles. The first-order valence-corrected chi connectivity index (χ1v) is 6.68. The van der Waals surface area contributed by atoms with Crippen LogP contribution in [0.1, 0.15) is 25.6 Å². The first-order chi connectivity index (χ1) is 9.69. The van der Waals surface area contributed by atoms with Crippen LogP contribution in [0.15, 0.2) is 36.7 Å². The largest absolute Gasteiger partial charge is 0.373 e. The highest BCUT2D eigenvalue weighted by atomic mass is 15.1. The van der Waals surface area contributed by atoms with Crippen LogP contribution in [0.4, 0.5) is 5.82 Å². The van der Waals surface area contributed by atoms with E-state index in [2.05, 4.69) is 34.1 Å². The molecule has 0 amide bonds. The van der Waals surface area contributed by atoms with Crippen molar-refractivity contribution in [2.24, 2.45) is 0 Å². The average molecular weight is 267 g/mol. The van der Waals surface area contributed by atoms with Gasteiger partial charge in [0.1, 0.15) is 23.8 Å². The second-order valence-corrected chi connectivity index (χ2v) is 4.98. The summed E-state index contributed by atoms with van der Waals surface area (Å²) in [6.07, 6.45) is 1.80. The molecule has 3 rings (SSSR count). The fourth-order valence-corrected chi connectivity index (χ4v) is 2.10. The number of nitrogens with zero attached hydrogens (tertiary/aromatic N) is 4. The van der Waals surface area contributed by atoms with Crippen molar-refractivity contribution in [1.82, 2.24) is 19.5 Å². The van der Waals surface area contributed by atoms with Crippen molar-refractivity contribution in [2.75, 3.05) is 12.4 Å². The number of imidazole rings is 1. The quantitative estimate of drug-likeness (QED) is 0.792. The van der Waals surface area contributed by atoms with Crippen LogP contribution in [0.25, 0.3) is 16.9 Å². The van der Waals surface area contributed by atoms with Crippen molar-refractivity contribution in [3.63, 3.8) is 0 Å². The van der Waals surface area contributed by atoms with Crippen LogP contribution >= 0.6 is 0 Å². The Kier molecular flexibility index (Phi) is 3.10. The first kappa shape index (κ1) is 12.6. The Morgan fingerprint density at radius 2 is 1.95 bits per heavy atom. The third kappa shape index (κ3) is 2.11. The Morgan fingerprint density at radius 3 is 2.70 bits per heavy atom. The second-order valence-electron chi connectivity index (χ2n) is 4.98. The van der Waals surface area contributed by atoms with Gasteiger partial charge in [-0.15, -0.1) is 0 Å². The molecule has 2 aromatic heterocycles. The molecule has 0 bridgehead atoms. The van der Waals surface area contributed by atoms with Crippen molar-refractivity contribution >= 4 is 16.9 Å². The lowest BCUT2D eigenvalue weighted by molar-refractivity contribution is 0.765. The molecule has 0 unspecified atom stereocenters. The van der Waals surface area contributed by atoms with E-state index < -0.39 is 0 Å². The summed E-state index contributed by atoms with van der Waals surface area (Å²) in [7, 11) is 1.86. The average Bonchev–Trinajstić information content (AvgIpc) is 2.90. The molecule has 0 aliphatic rings. The Bertz CT molecular complexity index is 745. The molecular formula is C15H17N5. The highest BCUT2D eigenvalue weighted by molar-refractivity contribution is 5.76. The number of para-hydroxylation sites is 2. The third-order valence-corrected chi connectivity index (χ3v) is 3.20. The number of anilines is 1. The summed E-state index contributed by atoms with van der Waals surface area (Å²) in [4.78, 5) is 13.5. The number of rotatable bonds is 3. The van der Waals surface area contributed by atoms with Crippen LogP contribution in [-0.2, 0) is 0 Å². The summed E-state index contributed by atoms with van der Waals surface area (Å²) < 4.78 is 1.99. The van der Waals surface area contributed by atoms with E-state index >= 15 is 0 Å². The minimum Gasteiger partial charge on any atom is -0.373 e. The first-order valence-electron chi connectivity index (χ1n) is 6.68. The second kappa shape index (κ2) is 4.92. The normalized spacial score (nSPS) is 11.2. The van der Waals surface area contributed by atoms with E-state index in [0.29, 0.717) is 0 Å². The Labute approximate surface area is 117 Å². The van der Waals surface area contributed by atoms with E-state index in [9.17, 15) is 0 Å². The van der Waals surface area contributed by atoms with Gasteiger partial charge in [-0.05, 0) is 12.1 Å². The Hall–Kier alpha value is -2.43. The van der Waals surface area contributed by atoms with Crippen LogP contribution in [0.2, 0.25) is 0 Å². The molecule has 0 saturated heterocycles. The minimum atomic E-state index is 0.275. The summed E-state index contributed by atoms with van der Waals surface area (Å²) in [5.41, 5.74) is 2.01. The van der Waals surface area contributed by atoms with Gasteiger partial charge in [0.05, 0.1) is 11.0 Å². The topological polar surface area (TPSA) is 55.6 Å². The minimum absolute atomic E-state index is 0.275. The molecular weight excluding hydrogens is 250 g/mol. The Balaban J connectivity index is 2.20. The van der Waals surface area contributed by atoms with Gasteiger partial charge in [-0.25, -0.2) is 15.0 Å². The molecule has 20 heavy (non-hydrogen) atoms. The van der Waals surface area contributed by atoms with E-state index in [-0.39, 0.29) is 5.92 Å². The van der Waals surface area contributed by atoms with Gasteiger partial charge in [0.15, 0.2) is 0 Å². The number of hydrogen-bond acceptors (Lipinski definition) is 4. The maximum absolute atomic E-state index is 4.65. The third-order valence-electron chi connectivity index (χ3n) is 3.20. The van der Waals surface area contributed by atoms with Crippen molar-refractivity contribution in [3.05, 3.63) is 42.5 Å². The number of fused-ring (bicyclic) bond motifs is 1. The molecule has 0 atom stereocenters. The van der Waals surface area contributed by atoms with Crippen LogP contribution in [0.5, 0.6) is 0 Å². The zero-order valence-corrected chi connectivity index (χ0v) is 11.8. The van der Waals surface area contributed by atoms with Gasteiger partial charge in [0, 0.05) is 19.0 Å². The zero-order chi connectivity index (χ0) is 14.1. The van der Waals surface area contributed by atoms with Crippen molar-refractivity contribution in [2.45, 2.75) is 19.8 Å². The molecule has 0 fully saturated rings. The monoisotopic (exact) mass is 267 g/mol. The van der Waals surface area contributed by atoms with Crippen molar-refractivity contribution in [3.8, 4) is 5.82 Å². The maximum Gasteiger partial charge on any atom is 0.144 e. The predicted octanol–water partition coefficient (Wildman–Crippen LogP) is 2.98. The number of nitrogens with one attached hydrogen (secondary N) is 1. The molecule has 1 aromatic carbocycles. The molecule has 0 radical (unpaired) electrons. The van der Waals surface area contributed by atoms with Gasteiger partial charge >= 0.3 is 0 Å². The van der Waals surface area contributed by atoms with Crippen molar-refractivity contribution in [1.29, 1.82) is 0 Å². The lowest BCUT2D eigenvalue weighted by Gasteiger charge is -2.10. The molecule has 1 N–H and O–H groups in total. The number of aromatic nitrogens is 4. The summed E-state index contributed by atoms with van der Waals surface area (Å²) >= 11 is 0. The van der Waals surface area contributed by atoms with Crippen LogP contribution < -0.4 is 5.32 Å². The van der Waals surface area contributed by atoms with E-state index in [1.165, 1.54) is 0 Å². The lowest BCUT2D eigenvalue weighted by Crippen LogP contribution is -2.06. The van der Waals surface area contributed by atoms with Gasteiger partial charge in [-0.3, -0.25) is 4.57 Å². The highest BCUT2D eigenvalue weighted by Crippen LogP contribution is 2.20. The van der Waals surface area contributed by atoms with Crippen LogP contribution in [0.3, 0.4) is 0 Å². The molecule has 0 spiro atoms. The molecule has 5 nitrogen and oxygen atoms in total. The summed E-state index contributed by atoms with van der Waals surface area (Å²) in [6, 6.07) is 9.95. The SMILES string of the molecule is CNc1cc(-n2cnc3ccccc32)nc(C(C)C)n1. The van der Waals surface area contributed by atoms with E-state index in [0.717, 1.165) is 28.5 Å². The number of benzene rings is 1. The molecule has 5 heteroatoms. The maximum atomic E-state index is 4.65. The fraction of sp³-hybridized carbons (Fsp3) is 0.267. The van der Waals surface area contributed by atoms with Gasteiger partial charge < -0.3 is 5.32 Å². The van der Waals surface area contributed by atoms with Crippen LogP contribution in [0, 0.1) is 0 Å². The highest BCUT2D eigenvalue weighted by Gasteiger charge is 2.11. The van der Waals surface area contributed by atoms with E-state index in [4.69, 9.17) is 0 Å². The molecule has 0 aliphatic carbocycles. The van der Waals surface area contributed by atoms with Gasteiger partial charge in [-0.2, -0.15) is 0 Å². The smallest absolute Gasteiger partial charge is 0.144 e. The van der Waals surface area contributed by atoms with E-state index in [1.807, 2.05) is 41.9 Å². The summed E-state index contributed by atoms with van der Waals surface area (Å²) in [5.74, 6) is 2.75. The Morgan fingerprint density at radius 1 is 1.15 bits per heavy atom. The van der Waals surface area contributed by atoms with Gasteiger partial charge in [0.2, 0.25) is 0 Å². The van der Waals surface area contributed by atoms with Crippen molar-refractivity contribution < 1.29 is 0 Å². The summed E-state index contributed by atoms with van der Waals surface area (Å²) in [5, 5.41) is 3.09. The van der Waals surface area contributed by atoms with Crippen LogP contribution in [-0.4, -0.2) is 26.6 Å².